The number of aryl methyl sites for hydroxylation is 1. The van der Waals surface area contributed by atoms with Crippen LogP contribution in [0.5, 0.6) is 11.5 Å². The second-order valence-electron chi connectivity index (χ2n) is 10.0. The molecule has 2 unspecified atom stereocenters. The van der Waals surface area contributed by atoms with Gasteiger partial charge in [0.25, 0.3) is 0 Å². The van der Waals surface area contributed by atoms with E-state index >= 15 is 0 Å². The van der Waals surface area contributed by atoms with Crippen LogP contribution in [0.1, 0.15) is 44.7 Å². The number of likely N-dealkylation sites (tertiary alicyclic amines) is 1. The number of benzene rings is 1. The molecular formula is C26H31NO11. The quantitative estimate of drug-likeness (QED) is 0.350. The lowest BCUT2D eigenvalue weighted by atomic mass is 9.54. The molecule has 2 aliphatic heterocycles. The van der Waals surface area contributed by atoms with Crippen molar-refractivity contribution in [1.29, 1.82) is 0 Å². The Balaban J connectivity index is 1.78. The van der Waals surface area contributed by atoms with E-state index in [0.29, 0.717) is 18.5 Å². The minimum Gasteiger partial charge on any atom is -0.504 e. The molecule has 0 radical (unpaired) electrons. The highest BCUT2D eigenvalue weighted by Gasteiger charge is 2.69. The molecule has 0 aromatic heterocycles. The molecule has 0 bridgehead atoms. The highest BCUT2D eigenvalue weighted by molar-refractivity contribution is 5.88. The summed E-state index contributed by atoms with van der Waals surface area (Å²) in [5, 5.41) is 32.4. The van der Waals surface area contributed by atoms with Crippen molar-refractivity contribution in [2.75, 3.05) is 13.6 Å². The van der Waals surface area contributed by atoms with E-state index in [-0.39, 0.29) is 29.7 Å². The monoisotopic (exact) mass is 533 g/mol. The van der Waals surface area contributed by atoms with Crippen molar-refractivity contribution < 1.29 is 53.4 Å². The van der Waals surface area contributed by atoms with E-state index < -0.39 is 53.2 Å². The number of piperidine rings is 1. The third-order valence-electron chi connectivity index (χ3n) is 7.89. The van der Waals surface area contributed by atoms with Crippen molar-refractivity contribution in [2.24, 2.45) is 0 Å². The Labute approximate surface area is 218 Å². The summed E-state index contributed by atoms with van der Waals surface area (Å²) >= 11 is 0. The van der Waals surface area contributed by atoms with E-state index in [1.54, 1.807) is 6.07 Å². The van der Waals surface area contributed by atoms with Gasteiger partial charge in [-0.1, -0.05) is 6.07 Å². The number of aromatic hydroxyl groups is 1. The molecule has 1 fully saturated rings. The van der Waals surface area contributed by atoms with Crippen LogP contribution in [0.4, 0.5) is 0 Å². The number of rotatable bonds is 6. The summed E-state index contributed by atoms with van der Waals surface area (Å²) in [6.45, 7) is 6.18. The highest BCUT2D eigenvalue weighted by atomic mass is 16.6. The number of aliphatic carboxylic acids is 1. The maximum atomic E-state index is 13.3. The van der Waals surface area contributed by atoms with Crippen LogP contribution in [0.2, 0.25) is 0 Å². The molecule has 12 heteroatoms. The lowest BCUT2D eigenvalue weighted by Gasteiger charge is -2.58. The van der Waals surface area contributed by atoms with Crippen molar-refractivity contribution in [1.82, 2.24) is 4.90 Å². The van der Waals surface area contributed by atoms with Crippen LogP contribution in [0.25, 0.3) is 0 Å². The second-order valence-corrected chi connectivity index (χ2v) is 10.0. The fourth-order valence-corrected chi connectivity index (χ4v) is 6.01. The molecule has 12 nitrogen and oxygen atoms in total. The van der Waals surface area contributed by atoms with Gasteiger partial charge in [0.2, 0.25) is 12.2 Å². The predicted molar refractivity (Wildman–Crippen MR) is 128 cm³/mol. The predicted octanol–water partition coefficient (Wildman–Crippen LogP) is 0.933. The van der Waals surface area contributed by atoms with Crippen LogP contribution in [-0.2, 0) is 38.8 Å². The number of phenols is 1. The largest absolute Gasteiger partial charge is 0.504 e. The smallest absolute Gasteiger partial charge is 0.357 e. The van der Waals surface area contributed by atoms with Crippen LogP contribution in [-0.4, -0.2) is 87.6 Å². The van der Waals surface area contributed by atoms with E-state index in [2.05, 4.69) is 0 Å². The Bertz CT molecular complexity index is 1230. The van der Waals surface area contributed by atoms with E-state index in [1.807, 2.05) is 25.8 Å². The summed E-state index contributed by atoms with van der Waals surface area (Å²) in [6, 6.07) is 2.84. The maximum absolute atomic E-state index is 13.3. The average molecular weight is 534 g/mol. The Kier molecular flexibility index (Phi) is 6.91. The standard InChI is InChI=1S/C26H31NO11/c1-12-6-7-16(30)19-18(12)25-10-11-27(5)13(2)26(25,34)9-8-17(22(25)38-19)37-24(33)21(36-15(4)29)20(23(31)32)35-14(3)28/h6-8,13,20-22,30,34H,9-11H2,1-5H3,(H,31,32)/t13-,20+,21+,22?,25?,26-/m1/s1. The topological polar surface area (TPSA) is 169 Å². The molecule has 6 atom stereocenters. The number of carboxylic acids is 1. The molecule has 3 aliphatic rings. The van der Waals surface area contributed by atoms with Crippen molar-refractivity contribution in [3.63, 3.8) is 0 Å². The van der Waals surface area contributed by atoms with Gasteiger partial charge in [0.1, 0.15) is 5.76 Å². The zero-order valence-corrected chi connectivity index (χ0v) is 21.7. The first-order valence-electron chi connectivity index (χ1n) is 12.2. The molecule has 2 heterocycles. The number of fused-ring (bicyclic) bond motifs is 1. The molecule has 1 aliphatic carbocycles. The zero-order chi connectivity index (χ0) is 28.2. The van der Waals surface area contributed by atoms with Gasteiger partial charge in [-0.2, -0.15) is 0 Å². The highest BCUT2D eigenvalue weighted by Crippen LogP contribution is 2.62. The van der Waals surface area contributed by atoms with Crippen molar-refractivity contribution in [3.05, 3.63) is 35.1 Å². The number of phenolic OH excluding ortho intramolecular Hbond substituents is 1. The molecule has 1 aromatic rings. The van der Waals surface area contributed by atoms with Crippen LogP contribution in [0, 0.1) is 6.92 Å². The van der Waals surface area contributed by atoms with Gasteiger partial charge in [-0.15, -0.1) is 0 Å². The van der Waals surface area contributed by atoms with Crippen LogP contribution in [0.3, 0.4) is 0 Å². The Morgan fingerprint density at radius 3 is 2.37 bits per heavy atom. The number of carboxylic acid groups (broad SMARTS) is 1. The fraction of sp³-hybridized carbons (Fsp3) is 0.538. The summed E-state index contributed by atoms with van der Waals surface area (Å²) in [5.41, 5.74) is -1.14. The van der Waals surface area contributed by atoms with E-state index in [0.717, 1.165) is 19.4 Å². The van der Waals surface area contributed by atoms with E-state index in [4.69, 9.17) is 18.9 Å². The van der Waals surface area contributed by atoms with Gasteiger partial charge in [0.05, 0.1) is 11.0 Å². The molecule has 0 saturated carbocycles. The lowest BCUT2D eigenvalue weighted by molar-refractivity contribution is -0.189. The number of carbonyl (C=O) groups excluding carboxylic acids is 3. The molecule has 0 amide bonds. The number of esters is 3. The van der Waals surface area contributed by atoms with Crippen molar-refractivity contribution >= 4 is 23.9 Å². The van der Waals surface area contributed by atoms with Crippen LogP contribution < -0.4 is 4.74 Å². The van der Waals surface area contributed by atoms with Crippen molar-refractivity contribution in [3.8, 4) is 11.5 Å². The van der Waals surface area contributed by atoms with E-state index in [1.165, 1.54) is 12.1 Å². The van der Waals surface area contributed by atoms with Gasteiger partial charge in [0, 0.05) is 31.9 Å². The van der Waals surface area contributed by atoms with Gasteiger partial charge in [-0.3, -0.25) is 9.59 Å². The summed E-state index contributed by atoms with van der Waals surface area (Å²) in [6.07, 6.45) is -3.43. The zero-order valence-electron chi connectivity index (χ0n) is 21.7. The number of hydrogen-bond donors (Lipinski definition) is 3. The molecule has 3 N–H and O–H groups in total. The number of hydrogen-bond acceptors (Lipinski definition) is 11. The maximum Gasteiger partial charge on any atom is 0.357 e. The molecule has 206 valence electrons. The Hall–Kier alpha value is -3.64. The second kappa shape index (κ2) is 9.59. The third kappa shape index (κ3) is 4.08. The van der Waals surface area contributed by atoms with Gasteiger partial charge in [-0.05, 0) is 51.6 Å². The Morgan fingerprint density at radius 2 is 1.76 bits per heavy atom. The number of ether oxygens (including phenoxy) is 4. The minimum absolute atomic E-state index is 0.0417. The van der Waals surface area contributed by atoms with Crippen LogP contribution in [0.15, 0.2) is 24.0 Å². The summed E-state index contributed by atoms with van der Waals surface area (Å²) in [5.74, 6) is -5.06. The van der Waals surface area contributed by atoms with Gasteiger partial charge in [0.15, 0.2) is 17.6 Å². The van der Waals surface area contributed by atoms with Gasteiger partial charge >= 0.3 is 23.9 Å². The lowest BCUT2D eigenvalue weighted by Crippen LogP contribution is -2.71. The summed E-state index contributed by atoms with van der Waals surface area (Å²) in [4.78, 5) is 50.2. The SMILES string of the molecule is CC(=O)O[C@H](C(=O)O)[C@H](OC(C)=O)C(=O)OC1=CC[C@@]2(O)[C@@H](C)N(C)CCC23c2c(C)ccc(O)c2OC13. The summed E-state index contributed by atoms with van der Waals surface area (Å²) in [7, 11) is 1.89. The van der Waals surface area contributed by atoms with Gasteiger partial charge in [-0.25, -0.2) is 9.59 Å². The molecule has 38 heavy (non-hydrogen) atoms. The average Bonchev–Trinajstić information content (AvgIpc) is 3.20. The Morgan fingerprint density at radius 1 is 1.13 bits per heavy atom. The molecule has 1 aromatic carbocycles. The first kappa shape index (κ1) is 27.4. The molecule has 1 saturated heterocycles. The number of nitrogens with zero attached hydrogens (tertiary/aromatic N) is 1. The summed E-state index contributed by atoms with van der Waals surface area (Å²) < 4.78 is 21.4. The molecule has 1 spiro atoms. The fourth-order valence-electron chi connectivity index (χ4n) is 6.01. The first-order chi connectivity index (χ1) is 17.7. The number of aliphatic hydroxyl groups is 1. The third-order valence-corrected chi connectivity index (χ3v) is 7.89. The van der Waals surface area contributed by atoms with Gasteiger partial charge < -0.3 is 39.2 Å². The molecule has 4 rings (SSSR count). The molecular weight excluding hydrogens is 502 g/mol. The number of carbonyl (C=O) groups is 4. The first-order valence-corrected chi connectivity index (χ1v) is 12.2. The minimum atomic E-state index is -2.16. The normalized spacial score (nSPS) is 29.4. The van der Waals surface area contributed by atoms with Crippen molar-refractivity contribution in [2.45, 2.75) is 75.9 Å². The van der Waals surface area contributed by atoms with E-state index in [9.17, 15) is 34.5 Å². The van der Waals surface area contributed by atoms with Crippen LogP contribution >= 0.6 is 0 Å². The number of likely N-dealkylation sites (N-methyl/N-ethyl adjacent to an activating group) is 1.